The predicted molar refractivity (Wildman–Crippen MR) is 194 cm³/mol. The van der Waals surface area contributed by atoms with Crippen LogP contribution < -0.4 is 14.9 Å². The lowest BCUT2D eigenvalue weighted by molar-refractivity contribution is -0.146. The monoisotopic (exact) mass is 683 g/mol. The quantitative estimate of drug-likeness (QED) is 0.0878. The first-order chi connectivity index (χ1) is 23.8. The molecule has 0 radical (unpaired) electrons. The van der Waals surface area contributed by atoms with Gasteiger partial charge in [0, 0.05) is 29.8 Å². The van der Waals surface area contributed by atoms with E-state index in [0.29, 0.717) is 35.4 Å². The Labute approximate surface area is 293 Å². The van der Waals surface area contributed by atoms with E-state index < -0.39 is 6.03 Å². The molecule has 0 aliphatic carbocycles. The first kappa shape index (κ1) is 35.8. The average Bonchev–Trinajstić information content (AvgIpc) is 3.12. The number of nitrogens with zero attached hydrogens (tertiary/aromatic N) is 3. The van der Waals surface area contributed by atoms with Crippen LogP contribution in [0.4, 0.5) is 21.9 Å². The van der Waals surface area contributed by atoms with Gasteiger partial charge in [0.2, 0.25) is 0 Å². The molecule has 4 aromatic carbocycles. The number of carbonyl (C=O) groups excluding carboxylic acids is 3. The van der Waals surface area contributed by atoms with Crippen LogP contribution in [0.25, 0.3) is 0 Å². The number of piperidine rings is 1. The highest BCUT2D eigenvalue weighted by molar-refractivity contribution is 6.33. The van der Waals surface area contributed by atoms with Gasteiger partial charge in [-0.3, -0.25) is 14.5 Å². The van der Waals surface area contributed by atoms with Crippen molar-refractivity contribution in [2.24, 2.45) is 5.92 Å². The van der Waals surface area contributed by atoms with Gasteiger partial charge < -0.3 is 10.1 Å². The summed E-state index contributed by atoms with van der Waals surface area (Å²) >= 11 is 6.30. The van der Waals surface area contributed by atoms with Crippen LogP contribution in [-0.2, 0) is 32.3 Å². The number of ether oxygens (including phenoxy) is 1. The minimum Gasteiger partial charge on any atom is -0.460 e. The number of benzene rings is 4. The molecule has 1 saturated heterocycles. The summed E-state index contributed by atoms with van der Waals surface area (Å²) in [6.45, 7) is 4.98. The number of hydrogen-bond acceptors (Lipinski definition) is 6. The highest BCUT2D eigenvalue weighted by atomic mass is 35.5. The number of carbonyl (C=O) groups is 3. The number of para-hydroxylation sites is 1. The van der Waals surface area contributed by atoms with Gasteiger partial charge in [-0.1, -0.05) is 84.4 Å². The minimum atomic E-state index is -0.504. The van der Waals surface area contributed by atoms with Crippen LogP contribution in [0.15, 0.2) is 109 Å². The maximum Gasteiger partial charge on any atom is 0.350 e. The van der Waals surface area contributed by atoms with Crippen molar-refractivity contribution in [1.29, 1.82) is 0 Å². The highest BCUT2D eigenvalue weighted by Gasteiger charge is 2.37. The maximum atomic E-state index is 13.7. The van der Waals surface area contributed by atoms with E-state index in [-0.39, 0.29) is 29.5 Å². The van der Waals surface area contributed by atoms with Gasteiger partial charge in [-0.05, 0) is 61.7 Å². The van der Waals surface area contributed by atoms with Crippen LogP contribution in [0.5, 0.6) is 0 Å². The van der Waals surface area contributed by atoms with Gasteiger partial charge >= 0.3 is 17.9 Å². The zero-order valence-corrected chi connectivity index (χ0v) is 28.9. The molecule has 0 saturated carbocycles. The molecule has 0 spiro atoms. The standard InChI is InChI=1S/C39H43ClN4O5/c1-30(45)44(28-32-11-5-3-6-12-32,26-23-31-21-24-42(25-22-31)27-38(46)49-29-33-13-7-4-8-14-33)35-19-17-34(18-20-35)41-39(47)43(48-2)37-16-10-9-15-36(37)40/h3-20,31H,21-29H2,1-2H3/p+1. The van der Waals surface area contributed by atoms with E-state index in [2.05, 4.69) is 10.2 Å². The molecule has 1 unspecified atom stereocenters. The summed E-state index contributed by atoms with van der Waals surface area (Å²) in [5.41, 5.74) is 3.86. The van der Waals surface area contributed by atoms with Gasteiger partial charge in [0.15, 0.2) is 0 Å². The summed E-state index contributed by atoms with van der Waals surface area (Å²) in [7, 11) is 1.40. The Morgan fingerprint density at radius 1 is 0.857 bits per heavy atom. The number of urea groups is 1. The number of halogens is 1. The molecule has 0 aromatic heterocycles. The lowest BCUT2D eigenvalue weighted by Gasteiger charge is -2.37. The van der Waals surface area contributed by atoms with Crippen molar-refractivity contribution in [1.82, 2.24) is 9.38 Å². The maximum absolute atomic E-state index is 13.7. The molecule has 10 heteroatoms. The molecule has 1 heterocycles. The Bertz CT molecular complexity index is 1680. The molecule has 4 aromatic rings. The van der Waals surface area contributed by atoms with Crippen LogP contribution >= 0.6 is 11.6 Å². The second-order valence-electron chi connectivity index (χ2n) is 12.4. The third-order valence-electron chi connectivity index (χ3n) is 9.17. The van der Waals surface area contributed by atoms with Crippen molar-refractivity contribution < 1.29 is 24.0 Å². The molecule has 0 bridgehead atoms. The summed E-state index contributed by atoms with van der Waals surface area (Å²) < 4.78 is 5.64. The summed E-state index contributed by atoms with van der Waals surface area (Å²) in [5, 5.41) is 4.35. The van der Waals surface area contributed by atoms with Crippen molar-refractivity contribution >= 4 is 46.6 Å². The van der Waals surface area contributed by atoms with E-state index in [1.807, 2.05) is 84.9 Å². The minimum absolute atomic E-state index is 0.0449. The molecule has 9 nitrogen and oxygen atoms in total. The third kappa shape index (κ3) is 9.55. The van der Waals surface area contributed by atoms with Crippen molar-refractivity contribution in [2.45, 2.75) is 39.3 Å². The number of likely N-dealkylation sites (tertiary alicyclic amines) is 1. The predicted octanol–water partition coefficient (Wildman–Crippen LogP) is 7.84. The van der Waals surface area contributed by atoms with E-state index in [1.54, 1.807) is 31.2 Å². The Morgan fingerprint density at radius 2 is 1.47 bits per heavy atom. The first-order valence-electron chi connectivity index (χ1n) is 16.6. The zero-order chi connectivity index (χ0) is 34.6. The van der Waals surface area contributed by atoms with Crippen LogP contribution in [0.2, 0.25) is 5.02 Å². The van der Waals surface area contributed by atoms with Crippen molar-refractivity contribution in [3.63, 3.8) is 0 Å². The summed E-state index contributed by atoms with van der Waals surface area (Å²) in [6, 6.07) is 33.6. The zero-order valence-electron chi connectivity index (χ0n) is 28.1. The lowest BCUT2D eigenvalue weighted by atomic mass is 9.92. The fourth-order valence-corrected chi connectivity index (χ4v) is 6.57. The van der Waals surface area contributed by atoms with Crippen LogP contribution in [0.3, 0.4) is 0 Å². The van der Waals surface area contributed by atoms with E-state index >= 15 is 0 Å². The van der Waals surface area contributed by atoms with E-state index in [4.69, 9.17) is 21.2 Å². The summed E-state index contributed by atoms with van der Waals surface area (Å²) in [5.74, 6) is 0.256. The van der Waals surface area contributed by atoms with Gasteiger partial charge in [0.05, 0.1) is 37.8 Å². The number of anilines is 2. The average molecular weight is 684 g/mol. The second-order valence-corrected chi connectivity index (χ2v) is 12.8. The number of amides is 3. The van der Waals surface area contributed by atoms with E-state index in [1.165, 1.54) is 7.11 Å². The van der Waals surface area contributed by atoms with Gasteiger partial charge in [0.1, 0.15) is 18.8 Å². The number of esters is 1. The van der Waals surface area contributed by atoms with Crippen molar-refractivity contribution in [3.05, 3.63) is 125 Å². The Hall–Kier alpha value is -4.54. The Morgan fingerprint density at radius 3 is 2.08 bits per heavy atom. The molecule has 3 amide bonds. The second kappa shape index (κ2) is 17.2. The number of quaternary nitrogens is 1. The molecular formula is C39H44ClN4O5+. The SMILES string of the molecule is CON(C(=O)Nc1ccc([N+](CCC2CCN(CC(=O)OCc3ccccc3)CC2)(Cc2ccccc2)C(C)=O)cc1)c1ccccc1Cl. The topological polar surface area (TPSA) is 88.2 Å². The van der Waals surface area contributed by atoms with Crippen molar-refractivity contribution in [3.8, 4) is 0 Å². The molecule has 1 N–H and O–H groups in total. The van der Waals surface area contributed by atoms with Gasteiger partial charge in [-0.2, -0.15) is 5.06 Å². The third-order valence-corrected chi connectivity index (χ3v) is 9.49. The fourth-order valence-electron chi connectivity index (χ4n) is 6.36. The normalized spacial score (nSPS) is 14.8. The molecule has 1 atom stereocenters. The number of hydrogen-bond donors (Lipinski definition) is 1. The van der Waals surface area contributed by atoms with Gasteiger partial charge in [-0.25, -0.2) is 14.1 Å². The molecule has 5 rings (SSSR count). The molecular weight excluding hydrogens is 640 g/mol. The largest absolute Gasteiger partial charge is 0.460 e. The molecule has 256 valence electrons. The van der Waals surface area contributed by atoms with Gasteiger partial charge in [0.25, 0.3) is 0 Å². The molecule has 1 aliphatic heterocycles. The first-order valence-corrected chi connectivity index (χ1v) is 17.0. The Balaban J connectivity index is 1.24. The lowest BCUT2D eigenvalue weighted by Crippen LogP contribution is -2.53. The van der Waals surface area contributed by atoms with E-state index in [9.17, 15) is 14.4 Å². The smallest absolute Gasteiger partial charge is 0.350 e. The summed E-state index contributed by atoms with van der Waals surface area (Å²) in [4.78, 5) is 46.8. The summed E-state index contributed by atoms with van der Waals surface area (Å²) in [6.07, 6.45) is 2.75. The van der Waals surface area contributed by atoms with E-state index in [0.717, 1.165) is 54.2 Å². The molecule has 1 aliphatic rings. The molecule has 1 fully saturated rings. The van der Waals surface area contributed by atoms with Crippen LogP contribution in [0, 0.1) is 5.92 Å². The number of nitrogens with one attached hydrogen (secondary N) is 1. The highest BCUT2D eigenvalue weighted by Crippen LogP contribution is 2.32. The number of rotatable bonds is 13. The van der Waals surface area contributed by atoms with Crippen LogP contribution in [-0.4, -0.2) is 56.1 Å². The molecule has 49 heavy (non-hydrogen) atoms. The fraction of sp³-hybridized carbons (Fsp3) is 0.308. The Kier molecular flexibility index (Phi) is 12.6. The van der Waals surface area contributed by atoms with Gasteiger partial charge in [-0.15, -0.1) is 0 Å². The van der Waals surface area contributed by atoms with Crippen molar-refractivity contribution in [2.75, 3.05) is 43.7 Å². The number of hydroxylamine groups is 1. The van der Waals surface area contributed by atoms with Crippen LogP contribution in [0.1, 0.15) is 37.3 Å².